The fourth-order valence-electron chi connectivity index (χ4n) is 2.43. The number of H-pyrrole nitrogens is 1. The van der Waals surface area contributed by atoms with Crippen LogP contribution in [0.2, 0.25) is 0 Å². The SMILES string of the molecule is CCCc1nc(SC)[nH]c(=O)c1Cc1ccc(OC)cc1OC. The van der Waals surface area contributed by atoms with E-state index in [2.05, 4.69) is 16.9 Å². The third-order valence-electron chi connectivity index (χ3n) is 3.62. The highest BCUT2D eigenvalue weighted by Gasteiger charge is 2.14. The summed E-state index contributed by atoms with van der Waals surface area (Å²) in [5, 5.41) is 0.656. The number of methoxy groups -OCH3 is 2. The van der Waals surface area contributed by atoms with Gasteiger partial charge in [0.15, 0.2) is 5.16 Å². The van der Waals surface area contributed by atoms with Gasteiger partial charge < -0.3 is 14.5 Å². The summed E-state index contributed by atoms with van der Waals surface area (Å²) in [6.07, 6.45) is 4.11. The molecular formula is C17H22N2O3S. The van der Waals surface area contributed by atoms with Crippen LogP contribution in [0.3, 0.4) is 0 Å². The van der Waals surface area contributed by atoms with E-state index in [4.69, 9.17) is 9.47 Å². The Kier molecular flexibility index (Phi) is 6.10. The third kappa shape index (κ3) is 4.07. The molecular weight excluding hydrogens is 312 g/mol. The van der Waals surface area contributed by atoms with Gasteiger partial charge in [0.2, 0.25) is 0 Å². The summed E-state index contributed by atoms with van der Waals surface area (Å²) in [6, 6.07) is 5.62. The molecule has 2 rings (SSSR count). The first kappa shape index (κ1) is 17.4. The van der Waals surface area contributed by atoms with Crippen LogP contribution >= 0.6 is 11.8 Å². The number of rotatable bonds is 7. The van der Waals surface area contributed by atoms with Gasteiger partial charge in [0.05, 0.1) is 19.9 Å². The molecule has 0 spiro atoms. The maximum Gasteiger partial charge on any atom is 0.255 e. The molecule has 0 bridgehead atoms. The van der Waals surface area contributed by atoms with Crippen molar-refractivity contribution in [3.8, 4) is 11.5 Å². The number of hydrogen-bond donors (Lipinski definition) is 1. The van der Waals surface area contributed by atoms with E-state index in [9.17, 15) is 4.79 Å². The van der Waals surface area contributed by atoms with Gasteiger partial charge in [-0.1, -0.05) is 31.2 Å². The fraction of sp³-hybridized carbons (Fsp3) is 0.412. The van der Waals surface area contributed by atoms with Gasteiger partial charge in [-0.25, -0.2) is 4.98 Å². The Morgan fingerprint density at radius 3 is 2.65 bits per heavy atom. The van der Waals surface area contributed by atoms with Gasteiger partial charge in [-0.3, -0.25) is 4.79 Å². The van der Waals surface area contributed by atoms with Crippen LogP contribution in [0.5, 0.6) is 11.5 Å². The largest absolute Gasteiger partial charge is 0.497 e. The highest BCUT2D eigenvalue weighted by atomic mass is 32.2. The zero-order chi connectivity index (χ0) is 16.8. The Balaban J connectivity index is 2.45. The highest BCUT2D eigenvalue weighted by molar-refractivity contribution is 7.98. The van der Waals surface area contributed by atoms with Crippen LogP contribution in [0.1, 0.15) is 30.2 Å². The van der Waals surface area contributed by atoms with Crippen molar-refractivity contribution in [2.75, 3.05) is 20.5 Å². The van der Waals surface area contributed by atoms with Crippen molar-refractivity contribution >= 4 is 11.8 Å². The number of ether oxygens (including phenoxy) is 2. The maximum atomic E-state index is 12.4. The Morgan fingerprint density at radius 1 is 1.26 bits per heavy atom. The molecule has 0 fully saturated rings. The molecule has 1 N–H and O–H groups in total. The van der Waals surface area contributed by atoms with Gasteiger partial charge in [-0.05, 0) is 24.3 Å². The molecule has 23 heavy (non-hydrogen) atoms. The Labute approximate surface area is 140 Å². The summed E-state index contributed by atoms with van der Waals surface area (Å²) in [6.45, 7) is 2.08. The number of hydrogen-bond acceptors (Lipinski definition) is 5. The first-order valence-corrected chi connectivity index (χ1v) is 8.72. The Morgan fingerprint density at radius 2 is 2.04 bits per heavy atom. The van der Waals surface area contributed by atoms with E-state index in [1.54, 1.807) is 14.2 Å². The van der Waals surface area contributed by atoms with Crippen LogP contribution in [-0.4, -0.2) is 30.4 Å². The molecule has 5 nitrogen and oxygen atoms in total. The molecule has 6 heteroatoms. The predicted molar refractivity (Wildman–Crippen MR) is 93.0 cm³/mol. The first-order chi connectivity index (χ1) is 11.1. The van der Waals surface area contributed by atoms with Crippen molar-refractivity contribution in [2.45, 2.75) is 31.3 Å². The number of nitrogens with zero attached hydrogens (tertiary/aromatic N) is 1. The first-order valence-electron chi connectivity index (χ1n) is 7.49. The number of nitrogens with one attached hydrogen (secondary N) is 1. The van der Waals surface area contributed by atoms with Crippen molar-refractivity contribution in [1.29, 1.82) is 0 Å². The van der Waals surface area contributed by atoms with Crippen LogP contribution in [0.4, 0.5) is 0 Å². The molecule has 1 aromatic heterocycles. The Bertz CT molecular complexity index is 728. The maximum absolute atomic E-state index is 12.4. The molecule has 1 heterocycles. The lowest BCUT2D eigenvalue weighted by molar-refractivity contribution is 0.391. The van der Waals surface area contributed by atoms with Crippen LogP contribution in [0.15, 0.2) is 28.2 Å². The topological polar surface area (TPSA) is 64.2 Å². The Hall–Kier alpha value is -1.95. The van der Waals surface area contributed by atoms with Gasteiger partial charge >= 0.3 is 0 Å². The second-order valence-corrected chi connectivity index (χ2v) is 5.90. The normalized spacial score (nSPS) is 10.6. The van der Waals surface area contributed by atoms with E-state index in [0.29, 0.717) is 22.9 Å². The van der Waals surface area contributed by atoms with Gasteiger partial charge in [0.25, 0.3) is 5.56 Å². The molecule has 0 aliphatic heterocycles. The van der Waals surface area contributed by atoms with Crippen LogP contribution < -0.4 is 15.0 Å². The quantitative estimate of drug-likeness (QED) is 0.623. The minimum absolute atomic E-state index is 0.0781. The van der Waals surface area contributed by atoms with Gasteiger partial charge in [0, 0.05) is 18.1 Å². The number of benzene rings is 1. The van der Waals surface area contributed by atoms with E-state index in [0.717, 1.165) is 29.8 Å². The summed E-state index contributed by atoms with van der Waals surface area (Å²) in [5.74, 6) is 1.43. The van der Waals surface area contributed by atoms with Crippen molar-refractivity contribution in [3.63, 3.8) is 0 Å². The van der Waals surface area contributed by atoms with E-state index in [-0.39, 0.29) is 5.56 Å². The number of aromatic amines is 1. The van der Waals surface area contributed by atoms with E-state index in [1.165, 1.54) is 11.8 Å². The highest BCUT2D eigenvalue weighted by Crippen LogP contribution is 2.27. The van der Waals surface area contributed by atoms with Crippen LogP contribution in [0.25, 0.3) is 0 Å². The molecule has 0 atom stereocenters. The smallest absolute Gasteiger partial charge is 0.255 e. The van der Waals surface area contributed by atoms with Gasteiger partial charge in [-0.2, -0.15) is 0 Å². The number of aromatic nitrogens is 2. The second-order valence-electron chi connectivity index (χ2n) is 5.11. The van der Waals surface area contributed by atoms with Gasteiger partial charge in [0.1, 0.15) is 11.5 Å². The van der Waals surface area contributed by atoms with E-state index >= 15 is 0 Å². The molecule has 1 aromatic carbocycles. The molecule has 0 saturated carbocycles. The standard InChI is InChI=1S/C17H22N2O3S/c1-5-6-14-13(16(20)19-17(18-14)23-4)9-11-7-8-12(21-2)10-15(11)22-3/h7-8,10H,5-6,9H2,1-4H3,(H,18,19,20). The molecule has 0 aliphatic carbocycles. The average Bonchev–Trinajstić information content (AvgIpc) is 2.57. The average molecular weight is 334 g/mol. The third-order valence-corrected chi connectivity index (χ3v) is 4.20. The fourth-order valence-corrected chi connectivity index (χ4v) is 2.83. The van der Waals surface area contributed by atoms with E-state index < -0.39 is 0 Å². The summed E-state index contributed by atoms with van der Waals surface area (Å²) in [7, 11) is 3.23. The lowest BCUT2D eigenvalue weighted by atomic mass is 10.0. The molecule has 0 amide bonds. The van der Waals surface area contributed by atoms with Crippen molar-refractivity contribution in [3.05, 3.63) is 45.4 Å². The molecule has 0 aliphatic rings. The van der Waals surface area contributed by atoms with Crippen LogP contribution in [-0.2, 0) is 12.8 Å². The number of thioether (sulfide) groups is 1. The minimum Gasteiger partial charge on any atom is -0.497 e. The zero-order valence-electron chi connectivity index (χ0n) is 13.9. The van der Waals surface area contributed by atoms with Crippen molar-refractivity contribution in [2.24, 2.45) is 0 Å². The molecule has 2 aromatic rings. The zero-order valence-corrected chi connectivity index (χ0v) is 14.8. The lowest BCUT2D eigenvalue weighted by Gasteiger charge is -2.12. The summed E-state index contributed by atoms with van der Waals surface area (Å²) >= 11 is 1.44. The molecule has 124 valence electrons. The monoisotopic (exact) mass is 334 g/mol. The molecule has 0 radical (unpaired) electrons. The minimum atomic E-state index is -0.0781. The van der Waals surface area contributed by atoms with Crippen LogP contribution in [0, 0.1) is 0 Å². The summed E-state index contributed by atoms with van der Waals surface area (Å²) < 4.78 is 10.6. The van der Waals surface area contributed by atoms with Crippen molar-refractivity contribution in [1.82, 2.24) is 9.97 Å². The van der Waals surface area contributed by atoms with Crippen molar-refractivity contribution < 1.29 is 9.47 Å². The van der Waals surface area contributed by atoms with Gasteiger partial charge in [-0.15, -0.1) is 0 Å². The summed E-state index contributed by atoms with van der Waals surface area (Å²) in [4.78, 5) is 19.9. The predicted octanol–water partition coefficient (Wildman–Crippen LogP) is 3.05. The second kappa shape index (κ2) is 8.06. The lowest BCUT2D eigenvalue weighted by Crippen LogP contribution is -2.19. The summed E-state index contributed by atoms with van der Waals surface area (Å²) in [5.41, 5.74) is 2.42. The number of aryl methyl sites for hydroxylation is 1. The molecule has 0 saturated heterocycles. The van der Waals surface area contributed by atoms with E-state index in [1.807, 2.05) is 24.5 Å². The molecule has 0 unspecified atom stereocenters.